The molecule has 7 nitrogen and oxygen atoms in total. The third kappa shape index (κ3) is 5.62. The molecule has 1 amide bonds. The SMILES string of the molecule is O=C(NC1CCS(=O)(=O)C1)[C@H](Cc1ccccc1)NS(=O)(=O)c1ccccc1F. The van der Waals surface area contributed by atoms with Gasteiger partial charge >= 0.3 is 0 Å². The van der Waals surface area contributed by atoms with Gasteiger partial charge in [0.2, 0.25) is 15.9 Å². The molecule has 0 saturated carbocycles. The molecule has 0 bridgehead atoms. The quantitative estimate of drug-likeness (QED) is 0.668. The number of rotatable bonds is 7. The van der Waals surface area contributed by atoms with Gasteiger partial charge in [-0.05, 0) is 30.5 Å². The lowest BCUT2D eigenvalue weighted by molar-refractivity contribution is -0.123. The number of hydrogen-bond donors (Lipinski definition) is 2. The molecule has 1 fully saturated rings. The number of amides is 1. The summed E-state index contributed by atoms with van der Waals surface area (Å²) >= 11 is 0. The molecule has 2 N–H and O–H groups in total. The van der Waals surface area contributed by atoms with Crippen molar-refractivity contribution in [2.24, 2.45) is 0 Å². The molecule has 1 aliphatic rings. The molecule has 29 heavy (non-hydrogen) atoms. The van der Waals surface area contributed by atoms with Gasteiger partial charge in [-0.1, -0.05) is 42.5 Å². The van der Waals surface area contributed by atoms with Crippen LogP contribution in [0, 0.1) is 5.82 Å². The zero-order chi connectivity index (χ0) is 21.1. The van der Waals surface area contributed by atoms with Crippen LogP contribution < -0.4 is 10.0 Å². The van der Waals surface area contributed by atoms with E-state index in [1.165, 1.54) is 12.1 Å². The fourth-order valence-corrected chi connectivity index (χ4v) is 6.11. The van der Waals surface area contributed by atoms with Gasteiger partial charge in [-0.2, -0.15) is 4.72 Å². The summed E-state index contributed by atoms with van der Waals surface area (Å²) in [6.07, 6.45) is 0.298. The number of carbonyl (C=O) groups is 1. The van der Waals surface area contributed by atoms with Crippen molar-refractivity contribution < 1.29 is 26.0 Å². The van der Waals surface area contributed by atoms with Gasteiger partial charge in [0.15, 0.2) is 9.84 Å². The van der Waals surface area contributed by atoms with Crippen LogP contribution in [0.5, 0.6) is 0 Å². The Morgan fingerprint density at radius 3 is 2.38 bits per heavy atom. The molecule has 10 heteroatoms. The Kier molecular flexibility index (Phi) is 6.35. The summed E-state index contributed by atoms with van der Waals surface area (Å²) in [5.74, 6) is -1.80. The minimum absolute atomic E-state index is 0.0255. The Morgan fingerprint density at radius 1 is 1.10 bits per heavy atom. The largest absolute Gasteiger partial charge is 0.351 e. The van der Waals surface area contributed by atoms with Crippen molar-refractivity contribution in [2.45, 2.75) is 29.8 Å². The molecular weight excluding hydrogens is 419 g/mol. The summed E-state index contributed by atoms with van der Waals surface area (Å²) in [6, 6.07) is 11.8. The topological polar surface area (TPSA) is 109 Å². The molecule has 1 aliphatic heterocycles. The normalized spacial score (nSPS) is 19.6. The summed E-state index contributed by atoms with van der Waals surface area (Å²) in [5.41, 5.74) is 0.697. The van der Waals surface area contributed by atoms with Crippen molar-refractivity contribution in [3.8, 4) is 0 Å². The summed E-state index contributed by atoms with van der Waals surface area (Å²) in [7, 11) is -7.53. The molecule has 0 aromatic heterocycles. The van der Waals surface area contributed by atoms with Crippen LogP contribution in [0.4, 0.5) is 4.39 Å². The van der Waals surface area contributed by atoms with Crippen molar-refractivity contribution in [3.63, 3.8) is 0 Å². The second kappa shape index (κ2) is 8.60. The minimum atomic E-state index is -4.32. The highest BCUT2D eigenvalue weighted by molar-refractivity contribution is 7.91. The highest BCUT2D eigenvalue weighted by Crippen LogP contribution is 2.16. The standard InChI is InChI=1S/C19H21FN2O5S2/c20-16-8-4-5-9-18(16)29(26,27)22-17(12-14-6-2-1-3-7-14)19(23)21-15-10-11-28(24,25)13-15/h1-9,15,17,22H,10-13H2,(H,21,23)/t15?,17-/m0/s1. The molecule has 2 aromatic carbocycles. The van der Waals surface area contributed by atoms with Crippen LogP contribution in [0.25, 0.3) is 0 Å². The summed E-state index contributed by atoms with van der Waals surface area (Å²) in [4.78, 5) is 12.2. The lowest BCUT2D eigenvalue weighted by Gasteiger charge is -2.21. The summed E-state index contributed by atoms with van der Waals surface area (Å²) in [6.45, 7) is 0. The second-order valence-electron chi connectivity index (χ2n) is 6.90. The average Bonchev–Trinajstić information content (AvgIpc) is 3.00. The monoisotopic (exact) mass is 440 g/mol. The first-order valence-electron chi connectivity index (χ1n) is 8.98. The molecule has 156 valence electrons. The number of nitrogens with one attached hydrogen (secondary N) is 2. The highest BCUT2D eigenvalue weighted by Gasteiger charge is 2.33. The fraction of sp³-hybridized carbons (Fsp3) is 0.316. The van der Waals surface area contributed by atoms with Crippen molar-refractivity contribution in [1.82, 2.24) is 10.0 Å². The van der Waals surface area contributed by atoms with E-state index < -0.39 is 48.6 Å². The summed E-state index contributed by atoms with van der Waals surface area (Å²) < 4.78 is 64.9. The van der Waals surface area contributed by atoms with Crippen LogP contribution in [-0.2, 0) is 31.1 Å². The molecule has 0 spiro atoms. The van der Waals surface area contributed by atoms with Gasteiger partial charge < -0.3 is 5.32 Å². The first kappa shape index (κ1) is 21.4. The Balaban J connectivity index is 1.83. The molecule has 1 saturated heterocycles. The van der Waals surface area contributed by atoms with Crippen molar-refractivity contribution >= 4 is 25.8 Å². The number of benzene rings is 2. The molecule has 1 heterocycles. The number of carbonyl (C=O) groups excluding carboxylic acids is 1. The van der Waals surface area contributed by atoms with Gasteiger partial charge in [-0.25, -0.2) is 21.2 Å². The van der Waals surface area contributed by atoms with Crippen LogP contribution in [0.2, 0.25) is 0 Å². The number of hydrogen-bond acceptors (Lipinski definition) is 5. The Hall–Kier alpha value is -2.30. The Bertz CT molecular complexity index is 1090. The van der Waals surface area contributed by atoms with Gasteiger partial charge in [-0.3, -0.25) is 4.79 Å². The average molecular weight is 441 g/mol. The third-order valence-corrected chi connectivity index (χ3v) is 7.87. The van der Waals surface area contributed by atoms with E-state index in [1.807, 2.05) is 0 Å². The molecule has 0 aliphatic carbocycles. The van der Waals surface area contributed by atoms with E-state index in [2.05, 4.69) is 10.0 Å². The highest BCUT2D eigenvalue weighted by atomic mass is 32.2. The van der Waals surface area contributed by atoms with E-state index in [0.29, 0.717) is 5.56 Å². The predicted octanol–water partition coefficient (Wildman–Crippen LogP) is 1.02. The third-order valence-electron chi connectivity index (χ3n) is 4.60. The zero-order valence-corrected chi connectivity index (χ0v) is 17.0. The van der Waals surface area contributed by atoms with Gasteiger partial charge in [0.05, 0.1) is 11.5 Å². The molecule has 0 radical (unpaired) electrons. The van der Waals surface area contributed by atoms with Crippen molar-refractivity contribution in [2.75, 3.05) is 11.5 Å². The molecule has 2 atom stereocenters. The maximum absolute atomic E-state index is 14.0. The van der Waals surface area contributed by atoms with Gasteiger partial charge in [-0.15, -0.1) is 0 Å². The van der Waals surface area contributed by atoms with Crippen molar-refractivity contribution in [1.29, 1.82) is 0 Å². The van der Waals surface area contributed by atoms with E-state index in [4.69, 9.17) is 0 Å². The predicted molar refractivity (Wildman–Crippen MR) is 106 cm³/mol. The number of halogens is 1. The van der Waals surface area contributed by atoms with Crippen molar-refractivity contribution in [3.05, 3.63) is 66.0 Å². The van der Waals surface area contributed by atoms with Crippen LogP contribution in [0.1, 0.15) is 12.0 Å². The molecule has 1 unspecified atom stereocenters. The lowest BCUT2D eigenvalue weighted by atomic mass is 10.1. The minimum Gasteiger partial charge on any atom is -0.351 e. The maximum Gasteiger partial charge on any atom is 0.244 e. The van der Waals surface area contributed by atoms with Gasteiger partial charge in [0.25, 0.3) is 0 Å². The van der Waals surface area contributed by atoms with Crippen LogP contribution in [0.3, 0.4) is 0 Å². The van der Waals surface area contributed by atoms with E-state index in [9.17, 15) is 26.0 Å². The van der Waals surface area contributed by atoms with E-state index in [-0.39, 0.29) is 24.3 Å². The summed E-state index contributed by atoms with van der Waals surface area (Å²) in [5, 5.41) is 2.60. The smallest absolute Gasteiger partial charge is 0.244 e. The molecule has 3 rings (SSSR count). The van der Waals surface area contributed by atoms with Crippen LogP contribution in [-0.4, -0.2) is 46.3 Å². The fourth-order valence-electron chi connectivity index (χ4n) is 3.16. The van der Waals surface area contributed by atoms with Crippen LogP contribution >= 0.6 is 0 Å². The molecule has 2 aromatic rings. The van der Waals surface area contributed by atoms with Gasteiger partial charge in [0.1, 0.15) is 16.8 Å². The Morgan fingerprint density at radius 2 is 1.76 bits per heavy atom. The first-order valence-corrected chi connectivity index (χ1v) is 12.3. The van der Waals surface area contributed by atoms with E-state index in [0.717, 1.165) is 12.1 Å². The first-order chi connectivity index (χ1) is 13.7. The zero-order valence-electron chi connectivity index (χ0n) is 15.4. The van der Waals surface area contributed by atoms with Gasteiger partial charge in [0, 0.05) is 6.04 Å². The van der Waals surface area contributed by atoms with E-state index in [1.54, 1.807) is 30.3 Å². The Labute approximate surface area is 169 Å². The second-order valence-corrected chi connectivity index (χ2v) is 10.8. The number of sulfone groups is 1. The van der Waals surface area contributed by atoms with E-state index >= 15 is 0 Å². The van der Waals surface area contributed by atoms with Crippen LogP contribution in [0.15, 0.2) is 59.5 Å². The number of sulfonamides is 1. The molecular formula is C19H21FN2O5S2. The lowest BCUT2D eigenvalue weighted by Crippen LogP contribution is -2.51. The maximum atomic E-state index is 14.0.